The topological polar surface area (TPSA) is 114 Å². The van der Waals surface area contributed by atoms with Crippen LogP contribution in [-0.4, -0.2) is 29.9 Å². The van der Waals surface area contributed by atoms with E-state index in [-0.39, 0.29) is 6.61 Å². The van der Waals surface area contributed by atoms with Gasteiger partial charge >= 0.3 is 5.97 Å². The van der Waals surface area contributed by atoms with Gasteiger partial charge in [-0.2, -0.15) is 0 Å². The second-order valence-electron chi connectivity index (χ2n) is 9.43. The minimum absolute atomic E-state index is 0.286. The summed E-state index contributed by atoms with van der Waals surface area (Å²) in [5.41, 5.74) is 12.4. The van der Waals surface area contributed by atoms with Gasteiger partial charge in [0.15, 0.2) is 17.5 Å². The Balaban J connectivity index is 1.51. The average Bonchev–Trinajstić information content (AvgIpc) is 3.03. The van der Waals surface area contributed by atoms with E-state index in [1.165, 1.54) is 12.0 Å². The molecule has 1 fully saturated rings. The summed E-state index contributed by atoms with van der Waals surface area (Å²) in [5, 5.41) is 3.77. The molecule has 4 aromatic rings. The minimum Gasteiger partial charge on any atom is -0.485 e. The molecule has 1 aliphatic rings. The van der Waals surface area contributed by atoms with Crippen LogP contribution in [0.4, 0.5) is 0 Å². The number of ether oxygens (including phenoxy) is 3. The molecular weight excluding hydrogens is 520 g/mol. The highest BCUT2D eigenvalue weighted by Gasteiger charge is 2.53. The normalized spacial score (nSPS) is 16.6. The predicted molar refractivity (Wildman–Crippen MR) is 152 cm³/mol. The molecule has 1 saturated heterocycles. The molecule has 4 aromatic carbocycles. The van der Waals surface area contributed by atoms with Gasteiger partial charge in [0.05, 0.1) is 13.2 Å². The molecule has 41 heavy (non-hydrogen) atoms. The van der Waals surface area contributed by atoms with Crippen LogP contribution in [0.2, 0.25) is 0 Å². The van der Waals surface area contributed by atoms with Crippen molar-refractivity contribution in [1.29, 1.82) is 0 Å². The summed E-state index contributed by atoms with van der Waals surface area (Å²) < 4.78 is 17.4. The Labute approximate surface area is 237 Å². The van der Waals surface area contributed by atoms with Crippen molar-refractivity contribution in [1.82, 2.24) is 4.90 Å². The molecular formula is C32H28N4O5. The van der Waals surface area contributed by atoms with E-state index in [2.05, 4.69) is 10.0 Å². The van der Waals surface area contributed by atoms with E-state index in [1.54, 1.807) is 42.5 Å². The van der Waals surface area contributed by atoms with Gasteiger partial charge in [-0.25, -0.2) is 4.79 Å². The van der Waals surface area contributed by atoms with E-state index in [0.29, 0.717) is 29.2 Å². The Kier molecular flexibility index (Phi) is 8.47. The molecule has 9 nitrogen and oxygen atoms in total. The van der Waals surface area contributed by atoms with Crippen molar-refractivity contribution in [3.8, 4) is 11.5 Å². The largest absolute Gasteiger partial charge is 0.485 e. The Morgan fingerprint density at radius 3 is 1.98 bits per heavy atom. The number of hydrogen-bond acceptors (Lipinski definition) is 6. The minimum atomic E-state index is -1.03. The molecule has 206 valence electrons. The van der Waals surface area contributed by atoms with E-state index in [1.807, 2.05) is 66.7 Å². The number of esters is 1. The number of azide groups is 1. The SMILES string of the molecule is COC(=O)C(c1ccccc1)N1C(=O)C(N=[N+]=[N-])C1c1ccc(OCc2ccccc2)c(OCc2ccccc2)c1. The third-order valence-electron chi connectivity index (χ3n) is 6.88. The molecule has 5 rings (SSSR count). The van der Waals surface area contributed by atoms with Crippen molar-refractivity contribution in [2.75, 3.05) is 7.11 Å². The number of amides is 1. The number of rotatable bonds is 11. The van der Waals surface area contributed by atoms with Crippen LogP contribution >= 0.6 is 0 Å². The van der Waals surface area contributed by atoms with Gasteiger partial charge < -0.3 is 19.1 Å². The fourth-order valence-electron chi connectivity index (χ4n) is 4.86. The van der Waals surface area contributed by atoms with Crippen molar-refractivity contribution in [2.24, 2.45) is 5.11 Å². The van der Waals surface area contributed by atoms with Gasteiger partial charge in [0.2, 0.25) is 5.91 Å². The first-order chi connectivity index (χ1) is 20.1. The molecule has 1 aliphatic heterocycles. The zero-order chi connectivity index (χ0) is 28.6. The van der Waals surface area contributed by atoms with E-state index in [0.717, 1.165) is 11.1 Å². The second-order valence-corrected chi connectivity index (χ2v) is 9.43. The number of β-lactam (4-membered cyclic amide) rings is 1. The maximum atomic E-state index is 13.3. The predicted octanol–water partition coefficient (Wildman–Crippen LogP) is 6.32. The molecule has 0 N–H and O–H groups in total. The lowest BCUT2D eigenvalue weighted by atomic mass is 9.85. The maximum absolute atomic E-state index is 13.3. The fourth-order valence-corrected chi connectivity index (χ4v) is 4.86. The summed E-state index contributed by atoms with van der Waals surface area (Å²) >= 11 is 0. The van der Waals surface area contributed by atoms with Crippen molar-refractivity contribution >= 4 is 11.9 Å². The fraction of sp³-hybridized carbons (Fsp3) is 0.188. The number of benzene rings is 4. The first kappa shape index (κ1) is 27.3. The van der Waals surface area contributed by atoms with Gasteiger partial charge in [0.1, 0.15) is 19.3 Å². The number of carbonyl (C=O) groups is 2. The van der Waals surface area contributed by atoms with E-state index >= 15 is 0 Å². The lowest BCUT2D eigenvalue weighted by Crippen LogP contribution is -2.60. The Hall–Kier alpha value is -5.27. The third kappa shape index (κ3) is 6.00. The molecule has 0 spiro atoms. The van der Waals surface area contributed by atoms with E-state index < -0.39 is 30.0 Å². The van der Waals surface area contributed by atoms with Gasteiger partial charge in [-0.3, -0.25) is 4.79 Å². The summed E-state index contributed by atoms with van der Waals surface area (Å²) in [6, 6.07) is 30.9. The van der Waals surface area contributed by atoms with Crippen LogP contribution < -0.4 is 9.47 Å². The molecule has 1 amide bonds. The van der Waals surface area contributed by atoms with Crippen LogP contribution in [0.5, 0.6) is 11.5 Å². The first-order valence-electron chi connectivity index (χ1n) is 13.1. The molecule has 3 atom stereocenters. The summed E-state index contributed by atoms with van der Waals surface area (Å²) in [6.07, 6.45) is 0. The molecule has 0 radical (unpaired) electrons. The van der Waals surface area contributed by atoms with Gasteiger partial charge in [-0.05, 0) is 39.9 Å². The van der Waals surface area contributed by atoms with E-state index in [4.69, 9.17) is 14.2 Å². The van der Waals surface area contributed by atoms with Gasteiger partial charge in [0, 0.05) is 4.91 Å². The Morgan fingerprint density at radius 2 is 1.41 bits per heavy atom. The van der Waals surface area contributed by atoms with E-state index in [9.17, 15) is 15.1 Å². The molecule has 0 saturated carbocycles. The maximum Gasteiger partial charge on any atom is 0.333 e. The number of carbonyl (C=O) groups excluding carboxylic acids is 2. The monoisotopic (exact) mass is 548 g/mol. The smallest absolute Gasteiger partial charge is 0.333 e. The molecule has 9 heteroatoms. The average molecular weight is 549 g/mol. The van der Waals surface area contributed by atoms with Crippen molar-refractivity contribution in [3.63, 3.8) is 0 Å². The van der Waals surface area contributed by atoms with Crippen LogP contribution in [0.15, 0.2) is 114 Å². The van der Waals surface area contributed by atoms with Crippen LogP contribution in [0.25, 0.3) is 10.4 Å². The van der Waals surface area contributed by atoms with Crippen LogP contribution in [0, 0.1) is 0 Å². The first-order valence-corrected chi connectivity index (χ1v) is 13.1. The number of hydrogen-bond donors (Lipinski definition) is 0. The van der Waals surface area contributed by atoms with Gasteiger partial charge in [-0.15, -0.1) is 0 Å². The number of methoxy groups -OCH3 is 1. The number of nitrogens with zero attached hydrogens (tertiary/aromatic N) is 4. The number of likely N-dealkylation sites (tertiary alicyclic amines) is 1. The molecule has 1 heterocycles. The zero-order valence-electron chi connectivity index (χ0n) is 22.4. The lowest BCUT2D eigenvalue weighted by Gasteiger charge is -2.48. The summed E-state index contributed by atoms with van der Waals surface area (Å²) in [4.78, 5) is 30.6. The second kappa shape index (κ2) is 12.7. The van der Waals surface area contributed by atoms with Gasteiger partial charge in [0.25, 0.3) is 0 Å². The van der Waals surface area contributed by atoms with Crippen molar-refractivity contribution in [3.05, 3.63) is 142 Å². The highest BCUT2D eigenvalue weighted by Crippen LogP contribution is 2.46. The molecule has 0 bridgehead atoms. The lowest BCUT2D eigenvalue weighted by molar-refractivity contribution is -0.166. The molecule has 3 unspecified atom stereocenters. The van der Waals surface area contributed by atoms with Crippen LogP contribution in [0.1, 0.15) is 34.3 Å². The third-order valence-corrected chi connectivity index (χ3v) is 6.88. The zero-order valence-corrected chi connectivity index (χ0v) is 22.4. The Bertz CT molecular complexity index is 1540. The molecule has 0 aliphatic carbocycles. The quantitative estimate of drug-likeness (QED) is 0.0715. The summed E-state index contributed by atoms with van der Waals surface area (Å²) in [6.45, 7) is 0.615. The summed E-state index contributed by atoms with van der Waals surface area (Å²) in [5.74, 6) is -0.102. The summed E-state index contributed by atoms with van der Waals surface area (Å²) in [7, 11) is 1.27. The molecule has 0 aromatic heterocycles. The van der Waals surface area contributed by atoms with Crippen LogP contribution in [0.3, 0.4) is 0 Å². The van der Waals surface area contributed by atoms with Crippen molar-refractivity contribution < 1.29 is 23.8 Å². The highest BCUT2D eigenvalue weighted by molar-refractivity contribution is 5.94. The highest BCUT2D eigenvalue weighted by atomic mass is 16.5. The standard InChI is InChI=1S/C32H28N4O5/c1-39-32(38)30(24-15-9-4-10-16-24)36-29(28(31(36)37)34-35-33)25-17-18-26(40-20-22-11-5-2-6-12-22)27(19-25)41-21-23-13-7-3-8-14-23/h2-19,28-30H,20-21H2,1H3. The Morgan fingerprint density at radius 1 is 0.854 bits per heavy atom. The van der Waals surface area contributed by atoms with Gasteiger partial charge in [-0.1, -0.05) is 102 Å². The van der Waals surface area contributed by atoms with Crippen molar-refractivity contribution in [2.45, 2.75) is 31.3 Å². The van der Waals surface area contributed by atoms with Crippen LogP contribution in [-0.2, 0) is 27.5 Å².